The van der Waals surface area contributed by atoms with Gasteiger partial charge in [0.15, 0.2) is 0 Å². The van der Waals surface area contributed by atoms with Crippen LogP contribution in [0.15, 0.2) is 42.5 Å². The molecule has 0 atom stereocenters. The minimum atomic E-state index is -1.16. The van der Waals surface area contributed by atoms with E-state index < -0.39 is 22.8 Å². The fourth-order valence-corrected chi connectivity index (χ4v) is 2.56. The molecule has 0 amide bonds. The summed E-state index contributed by atoms with van der Waals surface area (Å²) < 4.78 is 5.50. The molecule has 0 aromatic heterocycles. The molecule has 5 nitrogen and oxygen atoms in total. The van der Waals surface area contributed by atoms with Crippen LogP contribution in [0.1, 0.15) is 68.6 Å². The van der Waals surface area contributed by atoms with Crippen LogP contribution in [0.4, 0.5) is 0 Å². The van der Waals surface area contributed by atoms with Crippen molar-refractivity contribution in [2.75, 3.05) is 0 Å². The molecule has 0 aliphatic carbocycles. The second-order valence-corrected chi connectivity index (χ2v) is 8.39. The van der Waals surface area contributed by atoms with Crippen molar-refractivity contribution < 1.29 is 24.9 Å². The van der Waals surface area contributed by atoms with Gasteiger partial charge in [-0.25, -0.2) is 4.79 Å². The van der Waals surface area contributed by atoms with E-state index in [-0.39, 0.29) is 5.75 Å². The molecule has 0 bridgehead atoms. The Hall–Kier alpha value is -2.21. The zero-order valence-corrected chi connectivity index (χ0v) is 16.7. The van der Waals surface area contributed by atoms with Gasteiger partial charge in [-0.05, 0) is 88.6 Å². The Morgan fingerprint density at radius 1 is 0.741 bits per heavy atom. The van der Waals surface area contributed by atoms with Gasteiger partial charge in [-0.15, -0.1) is 0 Å². The molecule has 0 heterocycles. The molecule has 0 saturated carbocycles. The Morgan fingerprint density at radius 3 is 1.67 bits per heavy atom. The van der Waals surface area contributed by atoms with Crippen LogP contribution in [0.25, 0.3) is 0 Å². The Labute approximate surface area is 160 Å². The Bertz CT molecular complexity index is 801. The molecular formula is C22H28O5. The predicted octanol–water partition coefficient (Wildman–Crippen LogP) is 3.59. The Kier molecular flexibility index (Phi) is 5.53. The highest BCUT2D eigenvalue weighted by Gasteiger charge is 2.24. The summed E-state index contributed by atoms with van der Waals surface area (Å²) >= 11 is 0. The normalized spacial score (nSPS) is 12.8. The summed E-state index contributed by atoms with van der Waals surface area (Å²) in [6.45, 7) is 9.76. The first-order valence-corrected chi connectivity index (χ1v) is 8.84. The fraction of sp³-hybridized carbons (Fsp3) is 0.409. The van der Waals surface area contributed by atoms with Crippen LogP contribution in [0.2, 0.25) is 0 Å². The molecule has 5 heteroatoms. The van der Waals surface area contributed by atoms with Crippen molar-refractivity contribution in [3.63, 3.8) is 0 Å². The minimum Gasteiger partial charge on any atom is -0.423 e. The molecule has 0 saturated heterocycles. The molecule has 0 fully saturated rings. The molecule has 27 heavy (non-hydrogen) atoms. The van der Waals surface area contributed by atoms with Crippen molar-refractivity contribution in [2.24, 2.45) is 0 Å². The second-order valence-electron chi connectivity index (χ2n) is 8.39. The Balaban J connectivity index is 2.40. The number of ether oxygens (including phenoxy) is 1. The zero-order chi connectivity index (χ0) is 20.6. The largest absolute Gasteiger partial charge is 0.423 e. The molecule has 2 aromatic carbocycles. The van der Waals surface area contributed by atoms with E-state index in [9.17, 15) is 20.1 Å². The SMILES string of the molecule is CC(C)(O)c1cccc(C(=O)Oc2cc(C(C)(C)O)cc(C(C)(C)O)c2)c1. The number of aliphatic hydroxyl groups is 3. The summed E-state index contributed by atoms with van der Waals surface area (Å²) in [7, 11) is 0. The van der Waals surface area contributed by atoms with Crippen LogP contribution < -0.4 is 4.74 Å². The molecule has 3 N–H and O–H groups in total. The molecule has 0 aliphatic heterocycles. The predicted molar refractivity (Wildman–Crippen MR) is 104 cm³/mol. The van der Waals surface area contributed by atoms with E-state index >= 15 is 0 Å². The highest BCUT2D eigenvalue weighted by molar-refractivity contribution is 5.91. The van der Waals surface area contributed by atoms with Crippen molar-refractivity contribution in [3.8, 4) is 5.75 Å². The molecular weight excluding hydrogens is 344 g/mol. The van der Waals surface area contributed by atoms with Gasteiger partial charge < -0.3 is 20.1 Å². The number of hydrogen-bond donors (Lipinski definition) is 3. The van der Waals surface area contributed by atoms with Crippen LogP contribution in [-0.4, -0.2) is 21.3 Å². The third-order valence-electron chi connectivity index (χ3n) is 4.33. The van der Waals surface area contributed by atoms with Crippen LogP contribution in [0.5, 0.6) is 5.75 Å². The first kappa shape index (κ1) is 21.1. The topological polar surface area (TPSA) is 87.0 Å². The number of hydrogen-bond acceptors (Lipinski definition) is 5. The van der Waals surface area contributed by atoms with Gasteiger partial charge in [-0.3, -0.25) is 0 Å². The van der Waals surface area contributed by atoms with E-state index in [1.54, 1.807) is 84.0 Å². The van der Waals surface area contributed by atoms with E-state index in [1.807, 2.05) is 0 Å². The van der Waals surface area contributed by atoms with Gasteiger partial charge in [-0.1, -0.05) is 12.1 Å². The maximum atomic E-state index is 12.6. The number of rotatable bonds is 5. The van der Waals surface area contributed by atoms with Gasteiger partial charge in [0.1, 0.15) is 5.75 Å². The Morgan fingerprint density at radius 2 is 1.22 bits per heavy atom. The molecule has 0 spiro atoms. The van der Waals surface area contributed by atoms with Gasteiger partial charge in [0.25, 0.3) is 0 Å². The summed E-state index contributed by atoms with van der Waals surface area (Å²) in [4.78, 5) is 12.6. The molecule has 2 rings (SSSR count). The van der Waals surface area contributed by atoms with Gasteiger partial charge in [-0.2, -0.15) is 0 Å². The van der Waals surface area contributed by atoms with Crippen LogP contribution in [0.3, 0.4) is 0 Å². The lowest BCUT2D eigenvalue weighted by Gasteiger charge is -2.24. The monoisotopic (exact) mass is 372 g/mol. The summed E-state index contributed by atoms with van der Waals surface area (Å²) in [5.41, 5.74) is -1.46. The van der Waals surface area contributed by atoms with E-state index in [0.717, 1.165) is 0 Å². The lowest BCUT2D eigenvalue weighted by molar-refractivity contribution is 0.0670. The number of esters is 1. The summed E-state index contributed by atoms with van der Waals surface area (Å²) in [5.74, 6) is -0.360. The second kappa shape index (κ2) is 7.08. The third kappa shape index (κ3) is 5.39. The summed E-state index contributed by atoms with van der Waals surface area (Å²) in [6, 6.07) is 11.4. The van der Waals surface area contributed by atoms with Crippen molar-refractivity contribution in [1.29, 1.82) is 0 Å². The first-order chi connectivity index (χ1) is 12.2. The van der Waals surface area contributed by atoms with E-state index in [2.05, 4.69) is 0 Å². The smallest absolute Gasteiger partial charge is 0.343 e. The van der Waals surface area contributed by atoms with Crippen molar-refractivity contribution in [1.82, 2.24) is 0 Å². The molecule has 2 aromatic rings. The lowest BCUT2D eigenvalue weighted by atomic mass is 9.90. The standard InChI is InChI=1S/C22H28O5/c1-20(2,24)15-9-7-8-14(10-15)19(23)27-18-12-16(21(3,4)25)11-17(13-18)22(5,6)26/h7-13,24-26H,1-6H3. The van der Waals surface area contributed by atoms with Crippen LogP contribution in [-0.2, 0) is 16.8 Å². The molecule has 0 radical (unpaired) electrons. The highest BCUT2D eigenvalue weighted by Crippen LogP contribution is 2.31. The van der Waals surface area contributed by atoms with Crippen LogP contribution in [0, 0.1) is 0 Å². The highest BCUT2D eigenvalue weighted by atomic mass is 16.5. The molecule has 0 unspecified atom stereocenters. The van der Waals surface area contributed by atoms with Crippen molar-refractivity contribution in [2.45, 2.75) is 58.3 Å². The molecule has 0 aliphatic rings. The van der Waals surface area contributed by atoms with Crippen LogP contribution >= 0.6 is 0 Å². The van der Waals surface area contributed by atoms with Crippen molar-refractivity contribution >= 4 is 5.97 Å². The fourth-order valence-electron chi connectivity index (χ4n) is 2.56. The average molecular weight is 372 g/mol. The summed E-state index contributed by atoms with van der Waals surface area (Å²) in [5, 5.41) is 30.8. The van der Waals surface area contributed by atoms with Gasteiger partial charge in [0.2, 0.25) is 0 Å². The van der Waals surface area contributed by atoms with E-state index in [0.29, 0.717) is 22.3 Å². The minimum absolute atomic E-state index is 0.227. The number of carbonyl (C=O) groups is 1. The van der Waals surface area contributed by atoms with E-state index in [1.165, 1.54) is 0 Å². The quantitative estimate of drug-likeness (QED) is 0.551. The van der Waals surface area contributed by atoms with Crippen molar-refractivity contribution in [3.05, 3.63) is 64.7 Å². The van der Waals surface area contributed by atoms with E-state index in [4.69, 9.17) is 4.74 Å². The third-order valence-corrected chi connectivity index (χ3v) is 4.33. The zero-order valence-electron chi connectivity index (χ0n) is 16.7. The lowest BCUT2D eigenvalue weighted by Crippen LogP contribution is -2.21. The van der Waals surface area contributed by atoms with Gasteiger partial charge in [0.05, 0.1) is 22.4 Å². The maximum Gasteiger partial charge on any atom is 0.343 e. The summed E-state index contributed by atoms with van der Waals surface area (Å²) in [6.07, 6.45) is 0. The number of carbonyl (C=O) groups excluding carboxylic acids is 1. The maximum absolute atomic E-state index is 12.6. The van der Waals surface area contributed by atoms with Gasteiger partial charge in [0, 0.05) is 0 Å². The number of benzene rings is 2. The average Bonchev–Trinajstić information content (AvgIpc) is 2.52. The van der Waals surface area contributed by atoms with Gasteiger partial charge >= 0.3 is 5.97 Å². The molecule has 146 valence electrons. The first-order valence-electron chi connectivity index (χ1n) is 8.84.